The van der Waals surface area contributed by atoms with Gasteiger partial charge in [0.25, 0.3) is 0 Å². The molecule has 2 heterocycles. The van der Waals surface area contributed by atoms with Crippen LogP contribution >= 0.6 is 11.3 Å². The first-order chi connectivity index (χ1) is 10.2. The Kier molecular flexibility index (Phi) is 3.76. The lowest BCUT2D eigenvalue weighted by atomic mass is 10.2. The molecule has 0 unspecified atom stereocenters. The third-order valence-electron chi connectivity index (χ3n) is 3.50. The maximum atomic E-state index is 12.2. The summed E-state index contributed by atoms with van der Waals surface area (Å²) in [5.74, 6) is 1.14. The Labute approximate surface area is 126 Å². The molecule has 0 saturated heterocycles. The second kappa shape index (κ2) is 5.70. The van der Waals surface area contributed by atoms with Gasteiger partial charge in [-0.3, -0.25) is 4.79 Å². The summed E-state index contributed by atoms with van der Waals surface area (Å²) < 4.78 is 5.22. The van der Waals surface area contributed by atoms with Crippen LogP contribution in [0.4, 0.5) is 0 Å². The summed E-state index contributed by atoms with van der Waals surface area (Å²) >= 11 is 1.49. The number of aromatic nitrogens is 1. The second-order valence-corrected chi connectivity index (χ2v) is 6.33. The van der Waals surface area contributed by atoms with Gasteiger partial charge in [0.1, 0.15) is 11.8 Å². The minimum absolute atomic E-state index is 0.0135. The standard InChI is InChI=1S/C15H15N3O2S/c1-18(8-13-4-10(7-16)9-21-13)15(19)6-12-5-14(17-20-12)11-2-3-11/h4-5,9,11H,2-3,6,8H2,1H3. The molecule has 21 heavy (non-hydrogen) atoms. The monoisotopic (exact) mass is 301 g/mol. The van der Waals surface area contributed by atoms with Crippen LogP contribution in [0.2, 0.25) is 0 Å². The summed E-state index contributed by atoms with van der Waals surface area (Å²) in [5, 5.41) is 14.6. The summed E-state index contributed by atoms with van der Waals surface area (Å²) in [5.41, 5.74) is 1.61. The minimum atomic E-state index is -0.0135. The summed E-state index contributed by atoms with van der Waals surface area (Å²) in [6.45, 7) is 0.509. The number of thiophene rings is 1. The third kappa shape index (κ3) is 3.31. The zero-order valence-electron chi connectivity index (χ0n) is 11.7. The third-order valence-corrected chi connectivity index (χ3v) is 4.42. The van der Waals surface area contributed by atoms with Crippen molar-refractivity contribution in [3.8, 4) is 6.07 Å². The number of hydrogen-bond acceptors (Lipinski definition) is 5. The van der Waals surface area contributed by atoms with E-state index in [1.807, 2.05) is 12.1 Å². The van der Waals surface area contributed by atoms with Crippen LogP contribution in [0.25, 0.3) is 0 Å². The van der Waals surface area contributed by atoms with E-state index in [-0.39, 0.29) is 12.3 Å². The summed E-state index contributed by atoms with van der Waals surface area (Å²) in [7, 11) is 1.76. The Hall–Kier alpha value is -2.13. The quantitative estimate of drug-likeness (QED) is 0.851. The van der Waals surface area contributed by atoms with Crippen LogP contribution in [0.15, 0.2) is 22.0 Å². The molecule has 0 bridgehead atoms. The lowest BCUT2D eigenvalue weighted by Crippen LogP contribution is -2.27. The number of nitriles is 1. The van der Waals surface area contributed by atoms with Gasteiger partial charge >= 0.3 is 0 Å². The molecule has 5 nitrogen and oxygen atoms in total. The molecule has 1 saturated carbocycles. The normalized spacial score (nSPS) is 13.9. The first kappa shape index (κ1) is 13.8. The largest absolute Gasteiger partial charge is 0.361 e. The van der Waals surface area contributed by atoms with E-state index in [0.717, 1.165) is 10.6 Å². The van der Waals surface area contributed by atoms with Crippen molar-refractivity contribution in [2.24, 2.45) is 0 Å². The van der Waals surface area contributed by atoms with Gasteiger partial charge < -0.3 is 9.42 Å². The molecule has 1 aliphatic carbocycles. The smallest absolute Gasteiger partial charge is 0.230 e. The van der Waals surface area contributed by atoms with E-state index in [9.17, 15) is 4.79 Å². The molecule has 0 aromatic carbocycles. The van der Waals surface area contributed by atoms with Crippen molar-refractivity contribution in [2.75, 3.05) is 7.05 Å². The van der Waals surface area contributed by atoms with Gasteiger partial charge in [-0.1, -0.05) is 5.16 Å². The highest BCUT2D eigenvalue weighted by Gasteiger charge is 2.27. The highest BCUT2D eigenvalue weighted by molar-refractivity contribution is 7.10. The molecule has 0 spiro atoms. The zero-order valence-corrected chi connectivity index (χ0v) is 12.5. The van der Waals surface area contributed by atoms with E-state index in [1.54, 1.807) is 17.3 Å². The van der Waals surface area contributed by atoms with Gasteiger partial charge in [0, 0.05) is 29.3 Å². The van der Waals surface area contributed by atoms with Gasteiger partial charge in [0.05, 0.1) is 24.2 Å². The van der Waals surface area contributed by atoms with E-state index in [0.29, 0.717) is 23.8 Å². The Morgan fingerprint density at radius 1 is 1.57 bits per heavy atom. The van der Waals surface area contributed by atoms with Gasteiger partial charge in [0.15, 0.2) is 0 Å². The van der Waals surface area contributed by atoms with E-state index < -0.39 is 0 Å². The predicted octanol–water partition coefficient (Wildman–Crippen LogP) is 2.69. The van der Waals surface area contributed by atoms with Crippen LogP contribution in [0.3, 0.4) is 0 Å². The average Bonchev–Trinajstić information content (AvgIpc) is 3.05. The highest BCUT2D eigenvalue weighted by Crippen LogP contribution is 2.39. The van der Waals surface area contributed by atoms with E-state index in [1.165, 1.54) is 24.2 Å². The number of nitrogens with zero attached hydrogens (tertiary/aromatic N) is 3. The minimum Gasteiger partial charge on any atom is -0.361 e. The number of hydrogen-bond donors (Lipinski definition) is 0. The molecule has 2 aromatic rings. The van der Waals surface area contributed by atoms with E-state index in [2.05, 4.69) is 11.2 Å². The average molecular weight is 301 g/mol. The Bertz CT molecular complexity index is 694. The highest BCUT2D eigenvalue weighted by atomic mass is 32.1. The Balaban J connectivity index is 1.57. The van der Waals surface area contributed by atoms with Crippen LogP contribution in [0, 0.1) is 11.3 Å². The summed E-state index contributed by atoms with van der Waals surface area (Å²) in [6.07, 6.45) is 2.56. The Morgan fingerprint density at radius 2 is 2.38 bits per heavy atom. The number of rotatable bonds is 5. The van der Waals surface area contributed by atoms with Gasteiger partial charge in [0.2, 0.25) is 5.91 Å². The summed E-state index contributed by atoms with van der Waals surface area (Å²) in [6, 6.07) is 5.80. The Morgan fingerprint density at radius 3 is 3.05 bits per heavy atom. The van der Waals surface area contributed by atoms with Gasteiger partial charge in [-0.2, -0.15) is 5.26 Å². The SMILES string of the molecule is CN(Cc1cc(C#N)cs1)C(=O)Cc1cc(C2CC2)no1. The number of likely N-dealkylation sites (N-methyl/N-ethyl adjacent to an activating group) is 1. The van der Waals surface area contributed by atoms with Gasteiger partial charge in [-0.15, -0.1) is 11.3 Å². The van der Waals surface area contributed by atoms with Crippen LogP contribution in [-0.4, -0.2) is 23.0 Å². The van der Waals surface area contributed by atoms with Gasteiger partial charge in [-0.05, 0) is 18.9 Å². The van der Waals surface area contributed by atoms with E-state index in [4.69, 9.17) is 9.78 Å². The van der Waals surface area contributed by atoms with Crippen molar-refractivity contribution in [1.29, 1.82) is 5.26 Å². The second-order valence-electron chi connectivity index (χ2n) is 5.33. The molecule has 1 fully saturated rings. The number of amides is 1. The van der Waals surface area contributed by atoms with Crippen LogP contribution in [-0.2, 0) is 17.8 Å². The molecule has 6 heteroatoms. The lowest BCUT2D eigenvalue weighted by Gasteiger charge is -2.15. The van der Waals surface area contributed by atoms with E-state index >= 15 is 0 Å². The topological polar surface area (TPSA) is 70.1 Å². The zero-order chi connectivity index (χ0) is 14.8. The fourth-order valence-corrected chi connectivity index (χ4v) is 2.97. The molecule has 0 atom stereocenters. The van der Waals surface area contributed by atoms with Crippen molar-refractivity contribution < 1.29 is 9.32 Å². The fourth-order valence-electron chi connectivity index (χ4n) is 2.11. The number of carbonyl (C=O) groups excluding carboxylic acids is 1. The number of carbonyl (C=O) groups is 1. The molecule has 3 rings (SSSR count). The van der Waals surface area contributed by atoms with Crippen molar-refractivity contribution in [3.63, 3.8) is 0 Å². The molecule has 0 aliphatic heterocycles. The van der Waals surface area contributed by atoms with Gasteiger partial charge in [-0.25, -0.2) is 0 Å². The fraction of sp³-hybridized carbons (Fsp3) is 0.400. The molecule has 2 aromatic heterocycles. The molecule has 108 valence electrons. The maximum Gasteiger partial charge on any atom is 0.230 e. The molecule has 1 aliphatic rings. The van der Waals surface area contributed by atoms with Crippen molar-refractivity contribution in [3.05, 3.63) is 39.4 Å². The molecular formula is C15H15N3O2S. The van der Waals surface area contributed by atoms with Crippen LogP contribution in [0.1, 0.15) is 40.7 Å². The first-order valence-corrected chi connectivity index (χ1v) is 7.70. The van der Waals surface area contributed by atoms with Crippen LogP contribution < -0.4 is 0 Å². The molecule has 0 N–H and O–H groups in total. The van der Waals surface area contributed by atoms with Crippen molar-refractivity contribution in [1.82, 2.24) is 10.1 Å². The van der Waals surface area contributed by atoms with Crippen molar-refractivity contribution >= 4 is 17.2 Å². The maximum absolute atomic E-state index is 12.2. The van der Waals surface area contributed by atoms with Crippen LogP contribution in [0.5, 0.6) is 0 Å². The molecular weight excluding hydrogens is 286 g/mol. The lowest BCUT2D eigenvalue weighted by molar-refractivity contribution is -0.129. The van der Waals surface area contributed by atoms with Crippen molar-refractivity contribution in [2.45, 2.75) is 31.7 Å². The molecule has 0 radical (unpaired) electrons. The predicted molar refractivity (Wildman–Crippen MR) is 77.7 cm³/mol. The summed E-state index contributed by atoms with van der Waals surface area (Å²) in [4.78, 5) is 14.8. The molecule has 1 amide bonds. The first-order valence-electron chi connectivity index (χ1n) is 6.82.